The van der Waals surface area contributed by atoms with Crippen LogP contribution in [-0.4, -0.2) is 49.3 Å². The lowest BCUT2D eigenvalue weighted by molar-refractivity contribution is -0.0523. The Hall–Kier alpha value is -1.42. The highest BCUT2D eigenvalue weighted by Gasteiger charge is 2.51. The largest absolute Gasteiger partial charge is 0.300 e. The van der Waals surface area contributed by atoms with E-state index in [1.807, 2.05) is 0 Å². The fourth-order valence-corrected chi connectivity index (χ4v) is 7.81. The highest BCUT2D eigenvalue weighted by atomic mass is 32.2. The number of hydrogen-bond acceptors (Lipinski definition) is 4. The normalized spacial score (nSPS) is 31.1. The molecule has 28 heavy (non-hydrogen) atoms. The van der Waals surface area contributed by atoms with Crippen LogP contribution in [0.3, 0.4) is 0 Å². The third kappa shape index (κ3) is 3.38. The van der Waals surface area contributed by atoms with Crippen LogP contribution in [0.1, 0.15) is 57.4 Å². The Kier molecular flexibility index (Phi) is 5.78. The number of nitrogens with zero attached hydrogens (tertiary/aromatic N) is 3. The molecule has 0 saturated carbocycles. The number of nitriles is 1. The molecule has 5 nitrogen and oxygen atoms in total. The summed E-state index contributed by atoms with van der Waals surface area (Å²) < 4.78 is 29.3. The lowest BCUT2D eigenvalue weighted by atomic mass is 9.70. The van der Waals surface area contributed by atoms with Crippen LogP contribution < -0.4 is 0 Å². The first-order chi connectivity index (χ1) is 13.6. The predicted octanol–water partition coefficient (Wildman–Crippen LogP) is 3.61. The average Bonchev–Trinajstić information content (AvgIpc) is 2.73. The molecule has 1 aromatic carbocycles. The molecule has 0 aliphatic carbocycles. The van der Waals surface area contributed by atoms with Gasteiger partial charge in [-0.25, -0.2) is 8.42 Å². The van der Waals surface area contributed by atoms with E-state index in [0.29, 0.717) is 24.4 Å². The van der Waals surface area contributed by atoms with Gasteiger partial charge in [-0.1, -0.05) is 31.9 Å². The topological polar surface area (TPSA) is 64.4 Å². The van der Waals surface area contributed by atoms with E-state index in [0.717, 1.165) is 38.5 Å². The molecule has 3 fully saturated rings. The highest BCUT2D eigenvalue weighted by Crippen LogP contribution is 2.45. The van der Waals surface area contributed by atoms with E-state index in [1.165, 1.54) is 19.5 Å². The molecule has 0 unspecified atom stereocenters. The Balaban J connectivity index is 1.74. The molecular weight excluding hydrogens is 370 g/mol. The van der Waals surface area contributed by atoms with Gasteiger partial charge in [0.25, 0.3) is 0 Å². The predicted molar refractivity (Wildman–Crippen MR) is 109 cm³/mol. The Morgan fingerprint density at radius 3 is 2.68 bits per heavy atom. The van der Waals surface area contributed by atoms with Crippen molar-refractivity contribution in [2.45, 2.75) is 68.8 Å². The minimum absolute atomic E-state index is 0.0545. The Bertz CT molecular complexity index is 846. The zero-order chi connectivity index (χ0) is 19.7. The molecular formula is C22H31N3O2S. The summed E-state index contributed by atoms with van der Waals surface area (Å²) in [5, 5.41) is 9.48. The van der Waals surface area contributed by atoms with Gasteiger partial charge in [-0.15, -0.1) is 0 Å². The maximum Gasteiger partial charge on any atom is 0.244 e. The molecule has 3 aliphatic heterocycles. The van der Waals surface area contributed by atoms with Gasteiger partial charge in [0.15, 0.2) is 0 Å². The molecule has 0 N–H and O–H groups in total. The molecule has 3 heterocycles. The molecule has 0 radical (unpaired) electrons. The fourth-order valence-electron chi connectivity index (χ4n) is 5.91. The Morgan fingerprint density at radius 2 is 1.93 bits per heavy atom. The Labute approximate surface area is 169 Å². The van der Waals surface area contributed by atoms with Crippen molar-refractivity contribution in [1.82, 2.24) is 9.21 Å². The van der Waals surface area contributed by atoms with Crippen molar-refractivity contribution >= 4 is 10.0 Å². The first-order valence-corrected chi connectivity index (χ1v) is 12.3. The van der Waals surface area contributed by atoms with Gasteiger partial charge in [-0.05, 0) is 69.2 Å². The van der Waals surface area contributed by atoms with Crippen molar-refractivity contribution in [3.05, 3.63) is 29.8 Å². The van der Waals surface area contributed by atoms with Crippen LogP contribution in [0.2, 0.25) is 0 Å². The number of piperidine rings is 3. The van der Waals surface area contributed by atoms with Gasteiger partial charge in [0.05, 0.1) is 10.5 Å². The number of sulfonamides is 1. The number of benzene rings is 1. The second-order valence-corrected chi connectivity index (χ2v) is 10.5. The molecule has 3 aliphatic rings. The van der Waals surface area contributed by atoms with Crippen LogP contribution in [-0.2, 0) is 10.0 Å². The van der Waals surface area contributed by atoms with Gasteiger partial charge < -0.3 is 0 Å². The molecule has 3 saturated heterocycles. The van der Waals surface area contributed by atoms with E-state index in [-0.39, 0.29) is 16.5 Å². The van der Waals surface area contributed by atoms with E-state index in [4.69, 9.17) is 0 Å². The van der Waals surface area contributed by atoms with Gasteiger partial charge in [0.1, 0.15) is 6.07 Å². The van der Waals surface area contributed by atoms with Crippen molar-refractivity contribution in [2.24, 2.45) is 11.8 Å². The second kappa shape index (κ2) is 8.14. The number of hydrogen-bond donors (Lipinski definition) is 0. The SMILES string of the molecule is CCCC[C@@H]1[C@H]2CCCN3CCC[C@@H](CN1S(=O)(=O)c1ccccc1C#N)[C@@H]23. The van der Waals surface area contributed by atoms with E-state index < -0.39 is 10.0 Å². The monoisotopic (exact) mass is 401 g/mol. The van der Waals surface area contributed by atoms with Crippen LogP contribution in [0.5, 0.6) is 0 Å². The summed E-state index contributed by atoms with van der Waals surface area (Å²) in [5.74, 6) is 0.837. The zero-order valence-corrected chi connectivity index (χ0v) is 17.6. The van der Waals surface area contributed by atoms with Crippen LogP contribution in [0, 0.1) is 23.2 Å². The summed E-state index contributed by atoms with van der Waals surface area (Å²) in [5.41, 5.74) is 0.257. The maximum atomic E-state index is 13.7. The summed E-state index contributed by atoms with van der Waals surface area (Å²) in [6.07, 6.45) is 7.61. The Morgan fingerprint density at radius 1 is 1.18 bits per heavy atom. The summed E-state index contributed by atoms with van der Waals surface area (Å²) in [6.45, 7) is 5.11. The van der Waals surface area contributed by atoms with E-state index >= 15 is 0 Å². The third-order valence-corrected chi connectivity index (χ3v) is 9.02. The van der Waals surface area contributed by atoms with Gasteiger partial charge >= 0.3 is 0 Å². The second-order valence-electron chi connectivity index (χ2n) is 8.63. The lowest BCUT2D eigenvalue weighted by Gasteiger charge is -2.57. The van der Waals surface area contributed by atoms with Crippen molar-refractivity contribution in [3.8, 4) is 6.07 Å². The van der Waals surface area contributed by atoms with Gasteiger partial charge in [-0.3, -0.25) is 4.90 Å². The van der Waals surface area contributed by atoms with Crippen molar-refractivity contribution in [3.63, 3.8) is 0 Å². The first-order valence-electron chi connectivity index (χ1n) is 10.8. The summed E-state index contributed by atoms with van der Waals surface area (Å²) in [6, 6.07) is 9.36. The fraction of sp³-hybridized carbons (Fsp3) is 0.682. The van der Waals surface area contributed by atoms with Crippen molar-refractivity contribution in [2.75, 3.05) is 19.6 Å². The summed E-state index contributed by atoms with van der Waals surface area (Å²) in [7, 11) is -3.68. The first kappa shape index (κ1) is 19.9. The molecule has 4 atom stereocenters. The van der Waals surface area contributed by atoms with Crippen molar-refractivity contribution in [1.29, 1.82) is 5.26 Å². The molecule has 0 amide bonds. The van der Waals surface area contributed by atoms with E-state index in [2.05, 4.69) is 17.9 Å². The van der Waals surface area contributed by atoms with Gasteiger partial charge in [0, 0.05) is 18.6 Å². The third-order valence-electron chi connectivity index (χ3n) is 7.07. The van der Waals surface area contributed by atoms with Crippen LogP contribution in [0.25, 0.3) is 0 Å². The summed E-state index contributed by atoms with van der Waals surface area (Å²) in [4.78, 5) is 2.83. The molecule has 0 bridgehead atoms. The molecule has 4 rings (SSSR count). The number of unbranched alkanes of at least 4 members (excludes halogenated alkanes) is 1. The van der Waals surface area contributed by atoms with E-state index in [9.17, 15) is 13.7 Å². The molecule has 6 heteroatoms. The zero-order valence-electron chi connectivity index (χ0n) is 16.8. The van der Waals surface area contributed by atoms with Crippen molar-refractivity contribution < 1.29 is 8.42 Å². The standard InChI is InChI=1S/C22H31N3O2S/c1-2-3-11-20-19-10-7-14-24-13-6-9-18(22(19)24)16-25(20)28(26,27)21-12-5-4-8-17(21)15-23/h4-5,8,12,18-20,22H,2-3,6-7,9-11,13-14,16H2,1H3/t18-,19+,20+,22-/m0/s1. The van der Waals surface area contributed by atoms with Crippen LogP contribution in [0.15, 0.2) is 29.2 Å². The lowest BCUT2D eigenvalue weighted by Crippen LogP contribution is -2.65. The molecule has 1 aromatic rings. The number of rotatable bonds is 5. The van der Waals surface area contributed by atoms with Gasteiger partial charge in [0.2, 0.25) is 10.0 Å². The van der Waals surface area contributed by atoms with Crippen LogP contribution >= 0.6 is 0 Å². The average molecular weight is 402 g/mol. The smallest absolute Gasteiger partial charge is 0.244 e. The maximum absolute atomic E-state index is 13.7. The molecule has 0 spiro atoms. The van der Waals surface area contributed by atoms with Gasteiger partial charge in [-0.2, -0.15) is 9.57 Å². The molecule has 152 valence electrons. The van der Waals surface area contributed by atoms with E-state index in [1.54, 1.807) is 28.6 Å². The van der Waals surface area contributed by atoms with Crippen LogP contribution in [0.4, 0.5) is 0 Å². The minimum atomic E-state index is -3.68. The highest BCUT2D eigenvalue weighted by molar-refractivity contribution is 7.89. The summed E-state index contributed by atoms with van der Waals surface area (Å²) >= 11 is 0. The minimum Gasteiger partial charge on any atom is -0.300 e. The molecule has 0 aromatic heterocycles. The quantitative estimate of drug-likeness (QED) is 0.756.